The van der Waals surface area contributed by atoms with Crippen LogP contribution in [0.15, 0.2) is 30.5 Å². The van der Waals surface area contributed by atoms with Crippen molar-refractivity contribution < 1.29 is 14.3 Å². The maximum Gasteiger partial charge on any atom is 0.237 e. The molecule has 0 saturated carbocycles. The van der Waals surface area contributed by atoms with E-state index in [-0.39, 0.29) is 18.1 Å². The molecule has 0 aliphatic carbocycles. The highest BCUT2D eigenvalue weighted by molar-refractivity contribution is 5.86. The van der Waals surface area contributed by atoms with E-state index in [1.165, 1.54) is 0 Å². The van der Waals surface area contributed by atoms with Crippen LogP contribution in [0.2, 0.25) is 0 Å². The molecule has 2 aromatic rings. The first-order chi connectivity index (χ1) is 13.7. The van der Waals surface area contributed by atoms with Crippen LogP contribution in [-0.4, -0.2) is 66.1 Å². The third-order valence-corrected chi connectivity index (χ3v) is 5.51. The number of fused-ring (bicyclic) bond motifs is 1. The van der Waals surface area contributed by atoms with Gasteiger partial charge in [-0.1, -0.05) is 0 Å². The van der Waals surface area contributed by atoms with Crippen molar-refractivity contribution in [1.29, 1.82) is 5.26 Å². The van der Waals surface area contributed by atoms with E-state index >= 15 is 0 Å². The van der Waals surface area contributed by atoms with Gasteiger partial charge in [0.1, 0.15) is 23.6 Å². The zero-order valence-electron chi connectivity index (χ0n) is 16.0. The van der Waals surface area contributed by atoms with E-state index < -0.39 is 0 Å². The molecule has 7 heteroatoms. The van der Waals surface area contributed by atoms with E-state index in [1.807, 2.05) is 24.3 Å². The molecule has 2 unspecified atom stereocenters. The molecule has 1 aromatic carbocycles. The Morgan fingerprint density at radius 3 is 3.04 bits per heavy atom. The molecule has 2 fully saturated rings. The molecule has 28 heavy (non-hydrogen) atoms. The normalized spacial score (nSPS) is 22.4. The predicted molar refractivity (Wildman–Crippen MR) is 104 cm³/mol. The minimum Gasteiger partial charge on any atom is -0.497 e. The summed E-state index contributed by atoms with van der Waals surface area (Å²) >= 11 is 0. The Kier molecular flexibility index (Phi) is 5.31. The number of nitriles is 1. The SMILES string of the molecule is COc1ccc2nccc(OC3CCN(CC(=O)N4CCCC4C#N)C3)c2c1. The van der Waals surface area contributed by atoms with Gasteiger partial charge in [0.15, 0.2) is 0 Å². The second-order valence-corrected chi connectivity index (χ2v) is 7.33. The summed E-state index contributed by atoms with van der Waals surface area (Å²) in [4.78, 5) is 20.8. The number of pyridine rings is 1. The number of rotatable bonds is 5. The van der Waals surface area contributed by atoms with Crippen molar-refractivity contribution in [3.05, 3.63) is 30.5 Å². The lowest BCUT2D eigenvalue weighted by Crippen LogP contribution is -2.42. The van der Waals surface area contributed by atoms with E-state index in [1.54, 1.807) is 18.2 Å². The average molecular weight is 380 g/mol. The van der Waals surface area contributed by atoms with Gasteiger partial charge in [-0.05, 0) is 43.5 Å². The number of ether oxygens (including phenoxy) is 2. The molecule has 0 N–H and O–H groups in total. The van der Waals surface area contributed by atoms with E-state index in [2.05, 4.69) is 16.0 Å². The van der Waals surface area contributed by atoms with Crippen LogP contribution in [0.4, 0.5) is 0 Å². The molecule has 2 atom stereocenters. The van der Waals surface area contributed by atoms with Crippen LogP contribution in [0, 0.1) is 11.3 Å². The molecule has 1 amide bonds. The molecule has 1 aromatic heterocycles. The number of carbonyl (C=O) groups excluding carboxylic acids is 1. The third-order valence-electron chi connectivity index (χ3n) is 5.51. The lowest BCUT2D eigenvalue weighted by atomic mass is 10.2. The number of carbonyl (C=O) groups is 1. The summed E-state index contributed by atoms with van der Waals surface area (Å²) in [7, 11) is 1.64. The first-order valence-corrected chi connectivity index (χ1v) is 9.69. The predicted octanol–water partition coefficient (Wildman–Crippen LogP) is 2.21. The van der Waals surface area contributed by atoms with Crippen molar-refractivity contribution in [1.82, 2.24) is 14.8 Å². The second-order valence-electron chi connectivity index (χ2n) is 7.33. The van der Waals surface area contributed by atoms with Crippen LogP contribution in [0.5, 0.6) is 11.5 Å². The molecule has 2 aliphatic rings. The molecule has 0 spiro atoms. The van der Waals surface area contributed by atoms with Gasteiger partial charge in [0.05, 0.1) is 25.2 Å². The maximum atomic E-state index is 12.6. The Morgan fingerprint density at radius 2 is 2.21 bits per heavy atom. The average Bonchev–Trinajstić information content (AvgIpc) is 3.37. The Morgan fingerprint density at radius 1 is 1.32 bits per heavy atom. The molecule has 3 heterocycles. The van der Waals surface area contributed by atoms with E-state index in [4.69, 9.17) is 9.47 Å². The van der Waals surface area contributed by atoms with Crippen molar-refractivity contribution in [2.45, 2.75) is 31.4 Å². The summed E-state index contributed by atoms with van der Waals surface area (Å²) < 4.78 is 11.6. The highest BCUT2D eigenvalue weighted by Gasteiger charge is 2.32. The lowest BCUT2D eigenvalue weighted by molar-refractivity contribution is -0.132. The molecule has 7 nitrogen and oxygen atoms in total. The van der Waals surface area contributed by atoms with Gasteiger partial charge < -0.3 is 14.4 Å². The van der Waals surface area contributed by atoms with Crippen molar-refractivity contribution in [3.63, 3.8) is 0 Å². The summed E-state index contributed by atoms with van der Waals surface area (Å²) in [5.74, 6) is 1.59. The number of likely N-dealkylation sites (tertiary alicyclic amines) is 2. The van der Waals surface area contributed by atoms with Crippen LogP contribution in [0.1, 0.15) is 19.3 Å². The molecule has 4 rings (SSSR count). The van der Waals surface area contributed by atoms with Crippen molar-refractivity contribution in [3.8, 4) is 17.6 Å². The van der Waals surface area contributed by atoms with E-state index in [0.29, 0.717) is 19.6 Å². The van der Waals surface area contributed by atoms with Crippen LogP contribution >= 0.6 is 0 Å². The van der Waals surface area contributed by atoms with Crippen LogP contribution < -0.4 is 9.47 Å². The Hall–Kier alpha value is -2.85. The van der Waals surface area contributed by atoms with Gasteiger partial charge in [0, 0.05) is 31.2 Å². The van der Waals surface area contributed by atoms with Crippen molar-refractivity contribution in [2.75, 3.05) is 33.3 Å². The van der Waals surface area contributed by atoms with Crippen LogP contribution in [-0.2, 0) is 4.79 Å². The van der Waals surface area contributed by atoms with Crippen molar-refractivity contribution in [2.24, 2.45) is 0 Å². The standard InChI is InChI=1S/C21H24N4O3/c1-27-16-4-5-19-18(11-16)20(6-8-23-19)28-17-7-10-24(13-17)14-21(26)25-9-2-3-15(25)12-22/h4-6,8,11,15,17H,2-3,7,9-10,13-14H2,1H3. The number of benzene rings is 1. The van der Waals surface area contributed by atoms with Gasteiger partial charge >= 0.3 is 0 Å². The van der Waals surface area contributed by atoms with Gasteiger partial charge in [0.2, 0.25) is 5.91 Å². The number of nitrogens with zero attached hydrogens (tertiary/aromatic N) is 4. The summed E-state index contributed by atoms with van der Waals surface area (Å²) in [6, 6.07) is 9.58. The Bertz CT molecular complexity index is 910. The van der Waals surface area contributed by atoms with Crippen LogP contribution in [0.25, 0.3) is 10.9 Å². The highest BCUT2D eigenvalue weighted by atomic mass is 16.5. The smallest absolute Gasteiger partial charge is 0.237 e. The number of aromatic nitrogens is 1. The largest absolute Gasteiger partial charge is 0.497 e. The molecule has 2 aliphatic heterocycles. The fourth-order valence-corrected chi connectivity index (χ4v) is 4.03. The minimum absolute atomic E-state index is 0.0231. The quantitative estimate of drug-likeness (QED) is 0.791. The molecular weight excluding hydrogens is 356 g/mol. The molecule has 0 radical (unpaired) electrons. The maximum absolute atomic E-state index is 12.6. The monoisotopic (exact) mass is 380 g/mol. The van der Waals surface area contributed by atoms with Gasteiger partial charge in [-0.15, -0.1) is 0 Å². The summed E-state index contributed by atoms with van der Waals surface area (Å²) in [6.07, 6.45) is 4.33. The van der Waals surface area contributed by atoms with Gasteiger partial charge in [-0.25, -0.2) is 0 Å². The summed E-state index contributed by atoms with van der Waals surface area (Å²) in [6.45, 7) is 2.55. The van der Waals surface area contributed by atoms with Gasteiger partial charge in [-0.2, -0.15) is 5.26 Å². The van der Waals surface area contributed by atoms with Gasteiger partial charge in [-0.3, -0.25) is 14.7 Å². The zero-order valence-corrected chi connectivity index (χ0v) is 16.0. The Labute approximate surface area is 164 Å². The van der Waals surface area contributed by atoms with Crippen LogP contribution in [0.3, 0.4) is 0 Å². The zero-order chi connectivity index (χ0) is 19.5. The molecule has 2 saturated heterocycles. The minimum atomic E-state index is -0.264. The summed E-state index contributed by atoms with van der Waals surface area (Å²) in [5, 5.41) is 10.1. The van der Waals surface area contributed by atoms with E-state index in [0.717, 1.165) is 48.2 Å². The number of amides is 1. The lowest BCUT2D eigenvalue weighted by Gasteiger charge is -2.23. The topological polar surface area (TPSA) is 78.7 Å². The molecule has 0 bridgehead atoms. The second kappa shape index (κ2) is 8.03. The van der Waals surface area contributed by atoms with Gasteiger partial charge in [0.25, 0.3) is 0 Å². The fourth-order valence-electron chi connectivity index (χ4n) is 4.03. The fraction of sp³-hybridized carbons (Fsp3) is 0.476. The van der Waals surface area contributed by atoms with E-state index in [9.17, 15) is 10.1 Å². The Balaban J connectivity index is 1.39. The number of hydrogen-bond acceptors (Lipinski definition) is 6. The number of hydrogen-bond donors (Lipinski definition) is 0. The van der Waals surface area contributed by atoms with Crippen molar-refractivity contribution >= 4 is 16.8 Å². The number of methoxy groups -OCH3 is 1. The first-order valence-electron chi connectivity index (χ1n) is 9.69. The molecule has 146 valence electrons. The first kappa shape index (κ1) is 18.5. The summed E-state index contributed by atoms with van der Waals surface area (Å²) in [5.41, 5.74) is 0.861. The highest BCUT2D eigenvalue weighted by Crippen LogP contribution is 2.29. The third kappa shape index (κ3) is 3.73. The molecular formula is C21H24N4O3.